The molecule has 0 aromatic heterocycles. The Balaban J connectivity index is 2.09. The molecule has 0 bridgehead atoms. The number of anilines is 1. The summed E-state index contributed by atoms with van der Waals surface area (Å²) >= 11 is 0. The summed E-state index contributed by atoms with van der Waals surface area (Å²) in [5.41, 5.74) is 1.44. The molecule has 7 nitrogen and oxygen atoms in total. The van der Waals surface area contributed by atoms with E-state index in [9.17, 15) is 14.8 Å². The van der Waals surface area contributed by atoms with Crippen molar-refractivity contribution in [2.75, 3.05) is 18.5 Å². The summed E-state index contributed by atoms with van der Waals surface area (Å²) in [6.45, 7) is 17.0. The molecule has 0 fully saturated rings. The fourth-order valence-electron chi connectivity index (χ4n) is 4.28. The minimum absolute atomic E-state index is 0.00777. The van der Waals surface area contributed by atoms with Crippen LogP contribution in [-0.4, -0.2) is 45.8 Å². The van der Waals surface area contributed by atoms with E-state index in [1.165, 1.54) is 0 Å². The first-order valence-electron chi connectivity index (χ1n) is 11.3. The number of nitrogens with zero attached hydrogens (tertiary/aromatic N) is 2. The van der Waals surface area contributed by atoms with Crippen molar-refractivity contribution in [2.45, 2.75) is 67.9 Å². The van der Waals surface area contributed by atoms with E-state index in [1.807, 2.05) is 45.9 Å². The number of fused-ring (bicyclic) bond motifs is 1. The van der Waals surface area contributed by atoms with Gasteiger partial charge in [0, 0.05) is 0 Å². The van der Waals surface area contributed by atoms with Gasteiger partial charge in [0.15, 0.2) is 0 Å². The van der Waals surface area contributed by atoms with Gasteiger partial charge in [-0.25, -0.2) is 0 Å². The van der Waals surface area contributed by atoms with Crippen molar-refractivity contribution in [2.24, 2.45) is 15.6 Å². The fourth-order valence-corrected chi connectivity index (χ4v) is 6.28. The van der Waals surface area contributed by atoms with Crippen molar-refractivity contribution in [3.8, 4) is 0 Å². The molecule has 178 valence electrons. The first-order valence-corrected chi connectivity index (χ1v) is 13.1. The average Bonchev–Trinajstić information content (AvgIpc) is 2.88. The van der Waals surface area contributed by atoms with Crippen LogP contribution in [-0.2, 0) is 9.32 Å². The molecule has 0 radical (unpaired) electrons. The Kier molecular flexibility index (Phi) is 6.51. The van der Waals surface area contributed by atoms with Crippen LogP contribution in [0.2, 0.25) is 0 Å². The molecule has 3 N–H and O–H groups in total. The molecule has 0 saturated heterocycles. The third kappa shape index (κ3) is 4.70. The molecular formula is C24H38N3O4P. The van der Waals surface area contributed by atoms with Crippen LogP contribution in [0.3, 0.4) is 0 Å². The number of amidine groups is 1. The van der Waals surface area contributed by atoms with Crippen LogP contribution >= 0.6 is 7.87 Å². The zero-order valence-corrected chi connectivity index (χ0v) is 21.5. The van der Waals surface area contributed by atoms with Gasteiger partial charge in [-0.1, -0.05) is 0 Å². The van der Waals surface area contributed by atoms with E-state index >= 15 is 0 Å². The van der Waals surface area contributed by atoms with Crippen LogP contribution in [0, 0.1) is 17.8 Å². The Hall–Kier alpha value is -1.95. The second-order valence-electron chi connectivity index (χ2n) is 11.0. The first kappa shape index (κ1) is 24.7. The summed E-state index contributed by atoms with van der Waals surface area (Å²) in [5, 5.41) is 15.1. The minimum atomic E-state index is -3.70. The van der Waals surface area contributed by atoms with Gasteiger partial charge in [0.05, 0.1) is 0 Å². The van der Waals surface area contributed by atoms with Crippen LogP contribution in [0.5, 0.6) is 0 Å². The van der Waals surface area contributed by atoms with E-state index in [2.05, 4.69) is 30.9 Å². The van der Waals surface area contributed by atoms with E-state index < -0.39 is 13.9 Å². The molecule has 32 heavy (non-hydrogen) atoms. The van der Waals surface area contributed by atoms with Crippen LogP contribution in [0.25, 0.3) is 0 Å². The number of carbonyl (C=O) groups is 1. The Morgan fingerprint density at radius 2 is 1.88 bits per heavy atom. The SMILES string of the molecule is CCO[PH]1(O)N=C(C2=C(O)[C@H](C(C)(C)C)N(CCC(C)(C)C)C2=O)Nc2cc(C)ccc21. The van der Waals surface area contributed by atoms with Crippen molar-refractivity contribution in [3.63, 3.8) is 0 Å². The second kappa shape index (κ2) is 8.44. The molecule has 2 heterocycles. The van der Waals surface area contributed by atoms with Crippen LogP contribution < -0.4 is 10.6 Å². The summed E-state index contributed by atoms with van der Waals surface area (Å²) in [7, 11) is -3.70. The maximum absolute atomic E-state index is 13.6. The molecule has 1 aromatic rings. The number of benzene rings is 1. The molecule has 1 amide bonds. The van der Waals surface area contributed by atoms with Crippen LogP contribution in [0.4, 0.5) is 5.69 Å². The van der Waals surface area contributed by atoms with Crippen molar-refractivity contribution < 1.29 is 19.3 Å². The summed E-state index contributed by atoms with van der Waals surface area (Å²) in [5.74, 6) is -0.103. The topological polar surface area (TPSA) is 94.4 Å². The summed E-state index contributed by atoms with van der Waals surface area (Å²) in [6.07, 6.45) is 0.797. The number of carbonyl (C=O) groups excluding carboxylic acids is 1. The second-order valence-corrected chi connectivity index (χ2v) is 13.3. The van der Waals surface area contributed by atoms with Gasteiger partial charge in [0.2, 0.25) is 0 Å². The Bertz CT molecular complexity index is 974. The summed E-state index contributed by atoms with van der Waals surface area (Å²) in [6, 6.07) is 5.14. The van der Waals surface area contributed by atoms with Gasteiger partial charge in [-0.3, -0.25) is 0 Å². The van der Waals surface area contributed by atoms with Gasteiger partial charge in [0.25, 0.3) is 0 Å². The van der Waals surface area contributed by atoms with Crippen molar-refractivity contribution in [3.05, 3.63) is 35.1 Å². The monoisotopic (exact) mass is 463 g/mol. The third-order valence-corrected chi connectivity index (χ3v) is 8.20. The van der Waals surface area contributed by atoms with E-state index in [1.54, 1.807) is 11.8 Å². The van der Waals surface area contributed by atoms with E-state index in [0.717, 1.165) is 12.0 Å². The maximum atomic E-state index is 13.6. The molecule has 0 aliphatic carbocycles. The predicted octanol–water partition coefficient (Wildman–Crippen LogP) is 4.47. The molecule has 1 atom stereocenters. The van der Waals surface area contributed by atoms with Crippen LogP contribution in [0.1, 0.15) is 60.5 Å². The van der Waals surface area contributed by atoms with E-state index in [0.29, 0.717) is 17.5 Å². The third-order valence-electron chi connectivity index (χ3n) is 5.85. The molecule has 2 aliphatic heterocycles. The van der Waals surface area contributed by atoms with E-state index in [-0.39, 0.29) is 40.5 Å². The number of hydrogen-bond donors (Lipinski definition) is 3. The van der Waals surface area contributed by atoms with E-state index in [4.69, 9.17) is 4.52 Å². The summed E-state index contributed by atoms with van der Waals surface area (Å²) < 4.78 is 10.3. The first-order chi connectivity index (χ1) is 14.7. The molecule has 0 spiro atoms. The molecule has 3 rings (SSSR count). The number of aliphatic hydroxyl groups is 1. The molecule has 0 unspecified atom stereocenters. The number of rotatable bonds is 5. The van der Waals surface area contributed by atoms with Crippen molar-refractivity contribution >= 4 is 30.6 Å². The number of amides is 1. The standard InChI is InChI=1S/C24H38N3O4P/c1-9-31-32(30)17-11-10-15(2)14-16(17)25-21(26-32)18-19(28)20(24(6,7)8)27(22(18)29)13-12-23(3,4)5/h10-11,14,20,28,30,32H,9,12-13H2,1-8H3,(H,25,26)/t20-/m1/s1. The number of aryl methyl sites for hydroxylation is 1. The Labute approximate surface area is 192 Å². The van der Waals surface area contributed by atoms with Gasteiger partial charge in [-0.2, -0.15) is 0 Å². The van der Waals surface area contributed by atoms with Gasteiger partial charge >= 0.3 is 192 Å². The zero-order chi connectivity index (χ0) is 24.1. The van der Waals surface area contributed by atoms with Crippen molar-refractivity contribution in [1.82, 2.24) is 4.90 Å². The van der Waals surface area contributed by atoms with Crippen LogP contribution in [0.15, 0.2) is 34.3 Å². The van der Waals surface area contributed by atoms with Crippen molar-refractivity contribution in [1.29, 1.82) is 0 Å². The van der Waals surface area contributed by atoms with Gasteiger partial charge in [0.1, 0.15) is 0 Å². The fraction of sp³-hybridized carbons (Fsp3) is 0.583. The predicted molar refractivity (Wildman–Crippen MR) is 133 cm³/mol. The Morgan fingerprint density at radius 3 is 2.44 bits per heavy atom. The number of nitrogens with one attached hydrogen (secondary N) is 1. The summed E-state index contributed by atoms with van der Waals surface area (Å²) in [4.78, 5) is 26.7. The normalized spacial score (nSPS) is 21.9. The molecule has 8 heteroatoms. The zero-order valence-electron chi connectivity index (χ0n) is 20.5. The number of hydrogen-bond acceptors (Lipinski definition) is 6. The number of aliphatic hydroxyl groups excluding tert-OH is 1. The molecular weight excluding hydrogens is 425 g/mol. The molecule has 0 saturated carbocycles. The quantitative estimate of drug-likeness (QED) is 0.560. The molecule has 2 aliphatic rings. The molecule has 1 aromatic carbocycles. The van der Waals surface area contributed by atoms with Gasteiger partial charge in [-0.05, 0) is 0 Å². The van der Waals surface area contributed by atoms with Gasteiger partial charge < -0.3 is 0 Å². The Morgan fingerprint density at radius 1 is 1.22 bits per heavy atom. The average molecular weight is 464 g/mol. The van der Waals surface area contributed by atoms with Gasteiger partial charge in [-0.15, -0.1) is 0 Å².